The highest BCUT2D eigenvalue weighted by molar-refractivity contribution is 9.10. The molecule has 0 unspecified atom stereocenters. The molecule has 0 aliphatic rings. The molecular formula is C8H6BrF2NO. The van der Waals surface area contributed by atoms with Crippen LogP contribution >= 0.6 is 15.9 Å². The lowest BCUT2D eigenvalue weighted by Gasteiger charge is -2.06. The summed E-state index contributed by atoms with van der Waals surface area (Å²) in [5.41, 5.74) is 0.161. The Hall–Kier alpha value is -0.840. The van der Waals surface area contributed by atoms with E-state index in [2.05, 4.69) is 20.9 Å². The number of carbonyl (C=O) groups excluding carboxylic acids is 1. The summed E-state index contributed by atoms with van der Waals surface area (Å²) in [4.78, 5) is 14.2. The third kappa shape index (κ3) is 2.09. The van der Waals surface area contributed by atoms with Gasteiger partial charge in [0.25, 0.3) is 6.43 Å². The highest BCUT2D eigenvalue weighted by atomic mass is 79.9. The van der Waals surface area contributed by atoms with Crippen molar-refractivity contribution >= 4 is 22.2 Å². The minimum atomic E-state index is -2.69. The van der Waals surface area contributed by atoms with Crippen LogP contribution in [0, 0.1) is 6.92 Å². The molecule has 1 aromatic rings. The lowest BCUT2D eigenvalue weighted by molar-refractivity contribution is 0.110. The minimum absolute atomic E-state index is 0.0191. The maximum Gasteiger partial charge on any atom is 0.267 e. The summed E-state index contributed by atoms with van der Waals surface area (Å²) in [6.07, 6.45) is -2.29. The Kier molecular flexibility index (Phi) is 3.08. The largest absolute Gasteiger partial charge is 0.298 e. The molecule has 0 atom stereocenters. The lowest BCUT2D eigenvalue weighted by Crippen LogP contribution is -1.98. The fourth-order valence-electron chi connectivity index (χ4n) is 0.983. The van der Waals surface area contributed by atoms with Crippen LogP contribution in [-0.2, 0) is 0 Å². The van der Waals surface area contributed by atoms with Crippen LogP contribution in [0.1, 0.15) is 28.0 Å². The highest BCUT2D eigenvalue weighted by Gasteiger charge is 2.17. The maximum absolute atomic E-state index is 12.4. The number of pyridine rings is 1. The van der Waals surface area contributed by atoms with Gasteiger partial charge in [0.2, 0.25) is 0 Å². The predicted octanol–water partition coefficient (Wildman–Crippen LogP) is 2.90. The van der Waals surface area contributed by atoms with Crippen molar-refractivity contribution in [1.29, 1.82) is 0 Å². The zero-order chi connectivity index (χ0) is 10.0. The quantitative estimate of drug-likeness (QED) is 0.596. The normalized spacial score (nSPS) is 10.5. The number of rotatable bonds is 2. The molecule has 0 saturated heterocycles. The molecule has 0 aliphatic heterocycles. The van der Waals surface area contributed by atoms with E-state index in [0.717, 1.165) is 0 Å². The van der Waals surface area contributed by atoms with Gasteiger partial charge in [0.1, 0.15) is 4.60 Å². The van der Waals surface area contributed by atoms with E-state index in [4.69, 9.17) is 0 Å². The highest BCUT2D eigenvalue weighted by Crippen LogP contribution is 2.28. The Bertz CT molecular complexity index is 341. The van der Waals surface area contributed by atoms with Crippen LogP contribution in [0.2, 0.25) is 0 Å². The van der Waals surface area contributed by atoms with E-state index in [9.17, 15) is 13.6 Å². The van der Waals surface area contributed by atoms with E-state index in [1.54, 1.807) is 6.92 Å². The molecule has 1 heterocycles. The number of halogens is 3. The van der Waals surface area contributed by atoms with Crippen molar-refractivity contribution in [3.05, 3.63) is 27.5 Å². The first-order chi connectivity index (χ1) is 6.06. The average Bonchev–Trinajstić information content (AvgIpc) is 2.01. The van der Waals surface area contributed by atoms with Crippen LogP contribution in [0.15, 0.2) is 10.7 Å². The molecule has 0 aliphatic carbocycles. The van der Waals surface area contributed by atoms with Crippen molar-refractivity contribution < 1.29 is 13.6 Å². The lowest BCUT2D eigenvalue weighted by atomic mass is 10.1. The number of carbonyl (C=O) groups is 1. The summed E-state index contributed by atoms with van der Waals surface area (Å²) in [5, 5.41) is 0. The van der Waals surface area contributed by atoms with Crippen LogP contribution in [0.25, 0.3) is 0 Å². The fourth-order valence-corrected chi connectivity index (χ4v) is 1.66. The van der Waals surface area contributed by atoms with Crippen molar-refractivity contribution in [3.63, 3.8) is 0 Å². The van der Waals surface area contributed by atoms with Gasteiger partial charge in [0.15, 0.2) is 6.29 Å². The smallest absolute Gasteiger partial charge is 0.267 e. The predicted molar refractivity (Wildman–Crippen MR) is 47.0 cm³/mol. The molecule has 5 heteroatoms. The second-order valence-electron chi connectivity index (χ2n) is 2.48. The van der Waals surface area contributed by atoms with Crippen LogP contribution in [0.3, 0.4) is 0 Å². The summed E-state index contributed by atoms with van der Waals surface area (Å²) < 4.78 is 24.8. The number of aryl methyl sites for hydroxylation is 1. The first-order valence-corrected chi connectivity index (χ1v) is 4.26. The summed E-state index contributed by atoms with van der Waals surface area (Å²) in [7, 11) is 0. The molecule has 0 N–H and O–H groups in total. The second kappa shape index (κ2) is 3.91. The molecule has 1 rings (SSSR count). The number of aldehydes is 1. The van der Waals surface area contributed by atoms with Crippen LogP contribution in [0.5, 0.6) is 0 Å². The average molecular weight is 250 g/mol. The van der Waals surface area contributed by atoms with Crippen molar-refractivity contribution in [3.8, 4) is 0 Å². The van der Waals surface area contributed by atoms with E-state index < -0.39 is 6.43 Å². The standard InChI is InChI=1S/C8H6BrF2NO/c1-4-2-5(3-13)6(8(10)11)7(9)12-4/h2-3,8H,1H3. The van der Waals surface area contributed by atoms with Gasteiger partial charge in [-0.15, -0.1) is 0 Å². The molecule has 0 bridgehead atoms. The van der Waals surface area contributed by atoms with Crippen LogP contribution < -0.4 is 0 Å². The molecule has 1 aromatic heterocycles. The van der Waals surface area contributed by atoms with E-state index in [1.165, 1.54) is 6.07 Å². The molecule has 0 aromatic carbocycles. The fraction of sp³-hybridized carbons (Fsp3) is 0.250. The van der Waals surface area contributed by atoms with Gasteiger partial charge in [-0.25, -0.2) is 13.8 Å². The third-order valence-electron chi connectivity index (χ3n) is 1.52. The molecule has 2 nitrogen and oxygen atoms in total. The third-order valence-corrected chi connectivity index (χ3v) is 2.12. The van der Waals surface area contributed by atoms with Gasteiger partial charge in [-0.3, -0.25) is 4.79 Å². The molecule has 70 valence electrons. The van der Waals surface area contributed by atoms with Crippen molar-refractivity contribution in [1.82, 2.24) is 4.98 Å². The summed E-state index contributed by atoms with van der Waals surface area (Å²) in [5.74, 6) is 0. The Morgan fingerprint density at radius 3 is 2.69 bits per heavy atom. The number of alkyl halides is 2. The van der Waals surface area contributed by atoms with Gasteiger partial charge in [-0.2, -0.15) is 0 Å². The van der Waals surface area contributed by atoms with Crippen LogP contribution in [0.4, 0.5) is 8.78 Å². The Balaban J connectivity index is 3.38. The van der Waals surface area contributed by atoms with Crippen LogP contribution in [-0.4, -0.2) is 11.3 Å². The van der Waals surface area contributed by atoms with E-state index in [1.807, 2.05) is 0 Å². The number of nitrogens with zero attached hydrogens (tertiary/aromatic N) is 1. The van der Waals surface area contributed by atoms with Gasteiger partial charge < -0.3 is 0 Å². The Labute approximate surface area is 82.1 Å². The minimum Gasteiger partial charge on any atom is -0.298 e. The first-order valence-electron chi connectivity index (χ1n) is 3.46. The maximum atomic E-state index is 12.4. The topological polar surface area (TPSA) is 30.0 Å². The zero-order valence-electron chi connectivity index (χ0n) is 6.72. The second-order valence-corrected chi connectivity index (χ2v) is 3.23. The zero-order valence-corrected chi connectivity index (χ0v) is 8.31. The SMILES string of the molecule is Cc1cc(C=O)c(C(F)F)c(Br)n1. The molecule has 0 fully saturated rings. The van der Waals surface area contributed by atoms with E-state index >= 15 is 0 Å². The molecular weight excluding hydrogens is 244 g/mol. The van der Waals surface area contributed by atoms with Gasteiger partial charge >= 0.3 is 0 Å². The molecule has 0 radical (unpaired) electrons. The van der Waals surface area contributed by atoms with E-state index in [-0.39, 0.29) is 15.7 Å². The number of hydrogen-bond acceptors (Lipinski definition) is 2. The number of hydrogen-bond donors (Lipinski definition) is 0. The summed E-state index contributed by atoms with van der Waals surface area (Å²) >= 11 is 2.89. The number of aromatic nitrogens is 1. The first kappa shape index (κ1) is 10.2. The van der Waals surface area contributed by atoms with Gasteiger partial charge in [0.05, 0.1) is 5.56 Å². The monoisotopic (exact) mass is 249 g/mol. The van der Waals surface area contributed by atoms with Crippen molar-refractivity contribution in [2.45, 2.75) is 13.3 Å². The Morgan fingerprint density at radius 1 is 1.62 bits per heavy atom. The molecule has 0 amide bonds. The molecule has 13 heavy (non-hydrogen) atoms. The van der Waals surface area contributed by atoms with Crippen molar-refractivity contribution in [2.75, 3.05) is 0 Å². The summed E-state index contributed by atoms with van der Waals surface area (Å²) in [6.45, 7) is 1.63. The molecule has 0 saturated carbocycles. The Morgan fingerprint density at radius 2 is 2.23 bits per heavy atom. The van der Waals surface area contributed by atoms with Gasteiger partial charge in [-0.05, 0) is 28.9 Å². The van der Waals surface area contributed by atoms with Gasteiger partial charge in [-0.1, -0.05) is 0 Å². The summed E-state index contributed by atoms with van der Waals surface area (Å²) in [6, 6.07) is 1.33. The van der Waals surface area contributed by atoms with Gasteiger partial charge in [0, 0.05) is 11.3 Å². The molecule has 0 spiro atoms. The van der Waals surface area contributed by atoms with E-state index in [0.29, 0.717) is 12.0 Å². The van der Waals surface area contributed by atoms with Crippen molar-refractivity contribution in [2.24, 2.45) is 0 Å².